The van der Waals surface area contributed by atoms with Gasteiger partial charge in [-0.15, -0.1) is 0 Å². The summed E-state index contributed by atoms with van der Waals surface area (Å²) in [5.74, 6) is -1.09. The van der Waals surface area contributed by atoms with Crippen LogP contribution in [0.15, 0.2) is 15.8 Å². The van der Waals surface area contributed by atoms with Crippen molar-refractivity contribution in [1.29, 1.82) is 0 Å². The van der Waals surface area contributed by atoms with Crippen LogP contribution in [0.4, 0.5) is 4.39 Å². The van der Waals surface area contributed by atoms with Gasteiger partial charge in [0.05, 0.1) is 12.8 Å². The van der Waals surface area contributed by atoms with Gasteiger partial charge in [-0.3, -0.25) is 14.3 Å². The second kappa shape index (κ2) is 3.59. The van der Waals surface area contributed by atoms with E-state index in [9.17, 15) is 19.1 Å². The fourth-order valence-electron chi connectivity index (χ4n) is 1.48. The third-order valence-corrected chi connectivity index (χ3v) is 2.23. The third-order valence-electron chi connectivity index (χ3n) is 2.23. The Morgan fingerprint density at radius 1 is 1.60 bits per heavy atom. The second-order valence-electron chi connectivity index (χ2n) is 3.26. The number of hydrogen-bond acceptors (Lipinski definition) is 4. The van der Waals surface area contributed by atoms with E-state index in [1.54, 1.807) is 4.98 Å². The van der Waals surface area contributed by atoms with Crippen molar-refractivity contribution in [3.63, 3.8) is 0 Å². The molecule has 0 saturated carbocycles. The lowest BCUT2D eigenvalue weighted by atomic mass is 10.3. The summed E-state index contributed by atoms with van der Waals surface area (Å²) < 4.78 is 18.8. The maximum atomic E-state index is 12.9. The predicted octanol–water partition coefficient (Wildman–Crippen LogP) is -1.04. The van der Waals surface area contributed by atoms with Gasteiger partial charge in [-0.1, -0.05) is 0 Å². The zero-order valence-corrected chi connectivity index (χ0v) is 7.64. The summed E-state index contributed by atoms with van der Waals surface area (Å²) >= 11 is 0. The first kappa shape index (κ1) is 10.1. The average molecular weight is 216 g/mol. The van der Waals surface area contributed by atoms with Crippen LogP contribution in [-0.4, -0.2) is 27.4 Å². The molecule has 2 heterocycles. The molecule has 2 atom stereocenters. The van der Waals surface area contributed by atoms with Crippen LogP contribution in [-0.2, 0) is 4.74 Å². The van der Waals surface area contributed by atoms with Crippen LogP contribution in [0.1, 0.15) is 12.6 Å². The number of H-pyrrole nitrogens is 1. The SMILES string of the molecule is O=c1[nH]c(=O)n([C@H]2OCC[C@@H]2O)cc1F. The highest BCUT2D eigenvalue weighted by Crippen LogP contribution is 2.21. The van der Waals surface area contributed by atoms with Crippen molar-refractivity contribution >= 4 is 0 Å². The van der Waals surface area contributed by atoms with Crippen LogP contribution in [0.25, 0.3) is 0 Å². The molecule has 15 heavy (non-hydrogen) atoms. The van der Waals surface area contributed by atoms with E-state index in [0.717, 1.165) is 10.8 Å². The highest BCUT2D eigenvalue weighted by Gasteiger charge is 2.29. The van der Waals surface area contributed by atoms with Gasteiger partial charge in [-0.25, -0.2) is 4.79 Å². The molecule has 0 aromatic carbocycles. The van der Waals surface area contributed by atoms with E-state index in [1.165, 1.54) is 0 Å². The zero-order chi connectivity index (χ0) is 11.0. The van der Waals surface area contributed by atoms with Gasteiger partial charge in [-0.05, 0) is 0 Å². The second-order valence-corrected chi connectivity index (χ2v) is 3.26. The summed E-state index contributed by atoms with van der Waals surface area (Å²) in [7, 11) is 0. The standard InChI is InChI=1S/C8H9FN2O4/c9-4-3-11(8(14)10-6(4)13)7-5(12)1-2-15-7/h3,5,7,12H,1-2H2,(H,10,13,14)/t5-,7-/m0/s1. The van der Waals surface area contributed by atoms with Crippen molar-refractivity contribution in [2.45, 2.75) is 18.8 Å². The van der Waals surface area contributed by atoms with E-state index in [-0.39, 0.29) is 0 Å². The van der Waals surface area contributed by atoms with Gasteiger partial charge < -0.3 is 9.84 Å². The Hall–Kier alpha value is -1.47. The van der Waals surface area contributed by atoms with Crippen molar-refractivity contribution in [3.05, 3.63) is 32.9 Å². The number of aromatic amines is 1. The van der Waals surface area contributed by atoms with E-state index in [0.29, 0.717) is 13.0 Å². The summed E-state index contributed by atoms with van der Waals surface area (Å²) in [4.78, 5) is 23.8. The Balaban J connectivity index is 2.48. The molecule has 0 spiro atoms. The molecule has 1 fully saturated rings. The molecule has 6 nitrogen and oxygen atoms in total. The molecule has 0 unspecified atom stereocenters. The largest absolute Gasteiger partial charge is 0.388 e. The number of halogens is 1. The molecular formula is C8H9FN2O4. The number of rotatable bonds is 1. The molecule has 0 radical (unpaired) electrons. The molecule has 82 valence electrons. The first-order valence-electron chi connectivity index (χ1n) is 4.40. The number of aromatic nitrogens is 2. The Kier molecular flexibility index (Phi) is 2.41. The van der Waals surface area contributed by atoms with Gasteiger partial charge in [0.1, 0.15) is 6.10 Å². The summed E-state index contributed by atoms with van der Waals surface area (Å²) in [5.41, 5.74) is -1.88. The molecule has 1 saturated heterocycles. The van der Waals surface area contributed by atoms with E-state index < -0.39 is 29.4 Å². The van der Waals surface area contributed by atoms with Gasteiger partial charge in [-0.2, -0.15) is 4.39 Å². The highest BCUT2D eigenvalue weighted by atomic mass is 19.1. The average Bonchev–Trinajstić information content (AvgIpc) is 2.58. The first-order valence-corrected chi connectivity index (χ1v) is 4.40. The number of hydrogen-bond donors (Lipinski definition) is 2. The minimum atomic E-state index is -1.09. The van der Waals surface area contributed by atoms with Crippen LogP contribution in [0, 0.1) is 5.82 Å². The number of aliphatic hydroxyl groups excluding tert-OH is 1. The Morgan fingerprint density at radius 2 is 2.33 bits per heavy atom. The Bertz CT molecular complexity index is 480. The molecule has 1 aromatic heterocycles. The quantitative estimate of drug-likeness (QED) is 0.627. The summed E-state index contributed by atoms with van der Waals surface area (Å²) in [5, 5.41) is 9.43. The molecular weight excluding hydrogens is 207 g/mol. The van der Waals surface area contributed by atoms with E-state index in [1.807, 2.05) is 0 Å². The highest BCUT2D eigenvalue weighted by molar-refractivity contribution is 4.90. The number of nitrogens with one attached hydrogen (secondary N) is 1. The zero-order valence-electron chi connectivity index (χ0n) is 7.64. The van der Waals surface area contributed by atoms with Crippen LogP contribution in [0.3, 0.4) is 0 Å². The Labute approximate surface area is 82.9 Å². The van der Waals surface area contributed by atoms with E-state index >= 15 is 0 Å². The van der Waals surface area contributed by atoms with Crippen LogP contribution in [0.2, 0.25) is 0 Å². The van der Waals surface area contributed by atoms with Crippen molar-refractivity contribution in [1.82, 2.24) is 9.55 Å². The van der Waals surface area contributed by atoms with Crippen LogP contribution >= 0.6 is 0 Å². The fraction of sp³-hybridized carbons (Fsp3) is 0.500. The van der Waals surface area contributed by atoms with Crippen LogP contribution in [0.5, 0.6) is 0 Å². The molecule has 7 heteroatoms. The lowest BCUT2D eigenvalue weighted by molar-refractivity contribution is -0.0125. The molecule has 2 rings (SSSR count). The van der Waals surface area contributed by atoms with Crippen LogP contribution < -0.4 is 11.2 Å². The number of aliphatic hydroxyl groups is 1. The van der Waals surface area contributed by atoms with Crippen molar-refractivity contribution in [2.75, 3.05) is 6.61 Å². The summed E-state index contributed by atoms with van der Waals surface area (Å²) in [6, 6.07) is 0. The molecule has 0 bridgehead atoms. The van der Waals surface area contributed by atoms with Gasteiger partial charge in [0.2, 0.25) is 5.82 Å². The molecule has 0 aliphatic carbocycles. The minimum Gasteiger partial charge on any atom is -0.388 e. The van der Waals surface area contributed by atoms with Crippen molar-refractivity contribution in [2.24, 2.45) is 0 Å². The smallest absolute Gasteiger partial charge is 0.330 e. The predicted molar refractivity (Wildman–Crippen MR) is 46.9 cm³/mol. The molecule has 1 aromatic rings. The number of nitrogens with zero attached hydrogens (tertiary/aromatic N) is 1. The first-order chi connectivity index (χ1) is 7.09. The minimum absolute atomic E-state index is 0.291. The molecule has 1 aliphatic rings. The van der Waals surface area contributed by atoms with Gasteiger partial charge >= 0.3 is 5.69 Å². The maximum absolute atomic E-state index is 12.9. The third kappa shape index (κ3) is 1.71. The lowest BCUT2D eigenvalue weighted by Crippen LogP contribution is -2.36. The van der Waals surface area contributed by atoms with Gasteiger partial charge in [0, 0.05) is 6.42 Å². The molecule has 1 aliphatic heterocycles. The van der Waals surface area contributed by atoms with Gasteiger partial charge in [0.15, 0.2) is 6.23 Å². The normalized spacial score (nSPS) is 25.7. The monoisotopic (exact) mass is 216 g/mol. The van der Waals surface area contributed by atoms with E-state index in [4.69, 9.17) is 4.74 Å². The van der Waals surface area contributed by atoms with Crippen molar-refractivity contribution < 1.29 is 14.2 Å². The van der Waals surface area contributed by atoms with E-state index in [2.05, 4.69) is 0 Å². The summed E-state index contributed by atoms with van der Waals surface area (Å²) in [6.45, 7) is 0.291. The number of ether oxygens (including phenoxy) is 1. The maximum Gasteiger partial charge on any atom is 0.330 e. The topological polar surface area (TPSA) is 84.3 Å². The van der Waals surface area contributed by atoms with Crippen molar-refractivity contribution in [3.8, 4) is 0 Å². The lowest BCUT2D eigenvalue weighted by Gasteiger charge is -2.15. The molecule has 0 amide bonds. The molecule has 2 N–H and O–H groups in total. The van der Waals surface area contributed by atoms with Gasteiger partial charge in [0.25, 0.3) is 5.56 Å². The summed E-state index contributed by atoms with van der Waals surface area (Å²) in [6.07, 6.45) is -0.685. The Morgan fingerprint density at radius 3 is 2.93 bits per heavy atom. The fourth-order valence-corrected chi connectivity index (χ4v) is 1.48.